The lowest BCUT2D eigenvalue weighted by Gasteiger charge is -1.93. The Labute approximate surface area is 40.8 Å². The van der Waals surface area contributed by atoms with Gasteiger partial charge < -0.3 is 0 Å². The summed E-state index contributed by atoms with van der Waals surface area (Å²) in [4.78, 5) is 0. The van der Waals surface area contributed by atoms with Gasteiger partial charge in [-0.2, -0.15) is 0 Å². The first-order valence-electron chi connectivity index (χ1n) is 1.06. The van der Waals surface area contributed by atoms with Gasteiger partial charge in [-0.15, -0.1) is 0 Å². The molecule has 32 valence electrons. The zero-order valence-corrected chi connectivity index (χ0v) is 4.22. The van der Waals surface area contributed by atoms with Gasteiger partial charge in [0.2, 0.25) is 0 Å². The average molecular weight is 115 g/mol. The molecule has 0 radical (unpaired) electrons. The van der Waals surface area contributed by atoms with Crippen LogP contribution >= 0.6 is 23.6 Å². The Morgan fingerprint density at radius 3 is 1.80 bits per heavy atom. The van der Waals surface area contributed by atoms with E-state index in [1.165, 1.54) is 0 Å². The molecule has 0 atom stereocenters. The average Bonchev–Trinajstić information content (AvgIpc) is 1.38. The molecule has 0 heterocycles. The van der Waals surface area contributed by atoms with E-state index in [-0.39, 0.29) is 0 Å². The minimum Gasteiger partial charge on any atom is -0.229 e. The van der Waals surface area contributed by atoms with Crippen molar-refractivity contribution in [3.05, 3.63) is 0 Å². The fraction of sp³-hybridized carbons (Fsp3) is 1.00. The lowest BCUT2D eigenvalue weighted by atomic mass is 11.5. The first-order valence-corrected chi connectivity index (χ1v) is 1.74. The zero-order valence-electron chi connectivity index (χ0n) is 2.70. The topological polar surface area (TPSA) is 15.3 Å². The molecule has 0 aromatic rings. The number of hydrogen-bond donors (Lipinski definition) is 1. The number of halogens is 2. The van der Waals surface area contributed by atoms with Crippen LogP contribution in [0.1, 0.15) is 0 Å². The van der Waals surface area contributed by atoms with Crippen molar-refractivity contribution in [2.24, 2.45) is 0 Å². The Morgan fingerprint density at radius 1 is 1.60 bits per heavy atom. The molecule has 0 amide bonds. The van der Waals surface area contributed by atoms with Crippen LogP contribution < -0.4 is 5.43 Å². The van der Waals surface area contributed by atoms with Crippen molar-refractivity contribution >= 4 is 23.6 Å². The third-order valence-corrected chi connectivity index (χ3v) is 0.507. The van der Waals surface area contributed by atoms with Crippen molar-refractivity contribution in [1.29, 1.82) is 0 Å². The van der Waals surface area contributed by atoms with Gasteiger partial charge in [-0.3, -0.25) is 0 Å². The van der Waals surface area contributed by atoms with Gasteiger partial charge in [0.15, 0.2) is 0 Å². The molecule has 0 aliphatic rings. The quantitative estimate of drug-likeness (QED) is 0.400. The van der Waals surface area contributed by atoms with Gasteiger partial charge in [0.05, 0.1) is 0 Å². The lowest BCUT2D eigenvalue weighted by molar-refractivity contribution is 0.579. The first-order chi connectivity index (χ1) is 2.27. The minimum atomic E-state index is 0.819. The summed E-state index contributed by atoms with van der Waals surface area (Å²) in [6.07, 6.45) is 0. The molecule has 1 N–H and O–H groups in total. The van der Waals surface area contributed by atoms with Crippen LogP contribution in [0.5, 0.6) is 0 Å². The van der Waals surface area contributed by atoms with Crippen molar-refractivity contribution in [3.8, 4) is 0 Å². The van der Waals surface area contributed by atoms with Crippen LogP contribution in [0.3, 0.4) is 0 Å². The minimum absolute atomic E-state index is 0.819. The van der Waals surface area contributed by atoms with E-state index < -0.39 is 0 Å². The van der Waals surface area contributed by atoms with E-state index in [1.807, 2.05) is 0 Å². The molecule has 0 aliphatic heterocycles. The molecular formula is CH4Cl2N2. The van der Waals surface area contributed by atoms with Crippen LogP contribution in [0.15, 0.2) is 0 Å². The normalized spacial score (nSPS) is 9.60. The summed E-state index contributed by atoms with van der Waals surface area (Å²) in [5, 5.41) is 0. The summed E-state index contributed by atoms with van der Waals surface area (Å²) in [5.74, 6) is 0. The standard InChI is InChI=1S/CH4Cl2N2/c1-4-5(2)3/h4H,1H3. The summed E-state index contributed by atoms with van der Waals surface area (Å²) in [5.41, 5.74) is 2.39. The van der Waals surface area contributed by atoms with E-state index in [0.717, 1.165) is 4.05 Å². The van der Waals surface area contributed by atoms with E-state index in [1.54, 1.807) is 7.05 Å². The maximum atomic E-state index is 4.95. The Hall–Kier alpha value is 0.500. The molecule has 0 rings (SSSR count). The van der Waals surface area contributed by atoms with E-state index in [0.29, 0.717) is 0 Å². The third-order valence-electron chi connectivity index (χ3n) is 0.169. The molecule has 0 bridgehead atoms. The summed E-state index contributed by atoms with van der Waals surface area (Å²) < 4.78 is 0.819. The van der Waals surface area contributed by atoms with Crippen molar-refractivity contribution in [2.45, 2.75) is 0 Å². The van der Waals surface area contributed by atoms with E-state index >= 15 is 0 Å². The van der Waals surface area contributed by atoms with Gasteiger partial charge in [-0.25, -0.2) is 5.43 Å². The number of hydrazine groups is 1. The maximum absolute atomic E-state index is 4.95. The number of nitrogens with zero attached hydrogens (tertiary/aromatic N) is 1. The third kappa shape index (κ3) is 4.50. The van der Waals surface area contributed by atoms with Gasteiger partial charge in [-0.1, -0.05) is 4.05 Å². The molecule has 0 saturated carbocycles. The highest BCUT2D eigenvalue weighted by Crippen LogP contribution is 1.87. The molecule has 4 heteroatoms. The number of nitrogens with one attached hydrogen (secondary N) is 1. The zero-order chi connectivity index (χ0) is 4.28. The second kappa shape index (κ2) is 2.72. The maximum Gasteiger partial charge on any atom is 0.0123 e. The Morgan fingerprint density at radius 2 is 1.80 bits per heavy atom. The Kier molecular flexibility index (Phi) is 2.99. The SMILES string of the molecule is CNN(Cl)Cl. The highest BCUT2D eigenvalue weighted by Gasteiger charge is 1.77. The highest BCUT2D eigenvalue weighted by molar-refractivity contribution is 6.33. The second-order valence-corrected chi connectivity index (χ2v) is 1.31. The smallest absolute Gasteiger partial charge is 0.0123 e. The molecule has 0 fully saturated rings. The summed E-state index contributed by atoms with van der Waals surface area (Å²) in [6, 6.07) is 0. The molecule has 0 unspecified atom stereocenters. The van der Waals surface area contributed by atoms with Gasteiger partial charge in [0.1, 0.15) is 0 Å². The van der Waals surface area contributed by atoms with Crippen LogP contribution in [0.2, 0.25) is 0 Å². The molecule has 5 heavy (non-hydrogen) atoms. The van der Waals surface area contributed by atoms with Crippen molar-refractivity contribution in [3.63, 3.8) is 0 Å². The van der Waals surface area contributed by atoms with Crippen LogP contribution in [0.4, 0.5) is 0 Å². The second-order valence-electron chi connectivity index (χ2n) is 0.457. The predicted octanol–water partition coefficient (Wildman–Crippen LogP) is 0.730. The van der Waals surface area contributed by atoms with Gasteiger partial charge in [0, 0.05) is 30.6 Å². The number of hydrogen-bond acceptors (Lipinski definition) is 2. The summed E-state index contributed by atoms with van der Waals surface area (Å²) >= 11 is 9.90. The highest BCUT2D eigenvalue weighted by atomic mass is 35.5. The molecule has 0 aromatic heterocycles. The molecule has 2 nitrogen and oxygen atoms in total. The van der Waals surface area contributed by atoms with Crippen LogP contribution in [-0.4, -0.2) is 11.1 Å². The van der Waals surface area contributed by atoms with Crippen molar-refractivity contribution in [2.75, 3.05) is 7.05 Å². The van der Waals surface area contributed by atoms with E-state index in [9.17, 15) is 0 Å². The number of rotatable bonds is 1. The largest absolute Gasteiger partial charge is 0.229 e. The Balaban J connectivity index is 2.54. The lowest BCUT2D eigenvalue weighted by Crippen LogP contribution is -2.13. The molecule has 0 saturated heterocycles. The molecule has 0 aromatic carbocycles. The van der Waals surface area contributed by atoms with Crippen LogP contribution in [0, 0.1) is 0 Å². The molecule has 0 spiro atoms. The van der Waals surface area contributed by atoms with Crippen molar-refractivity contribution in [1.82, 2.24) is 9.47 Å². The summed E-state index contributed by atoms with van der Waals surface area (Å²) in [7, 11) is 1.61. The monoisotopic (exact) mass is 114 g/mol. The fourth-order valence-corrected chi connectivity index (χ4v) is 0. The fourth-order valence-electron chi connectivity index (χ4n) is 0. The van der Waals surface area contributed by atoms with Crippen molar-refractivity contribution < 1.29 is 0 Å². The van der Waals surface area contributed by atoms with Gasteiger partial charge in [0.25, 0.3) is 0 Å². The van der Waals surface area contributed by atoms with E-state index in [4.69, 9.17) is 23.6 Å². The van der Waals surface area contributed by atoms with Crippen LogP contribution in [-0.2, 0) is 0 Å². The predicted molar refractivity (Wildman–Crippen MR) is 22.6 cm³/mol. The van der Waals surface area contributed by atoms with Crippen LogP contribution in [0.25, 0.3) is 0 Å². The first kappa shape index (κ1) is 5.50. The summed E-state index contributed by atoms with van der Waals surface area (Å²) in [6.45, 7) is 0. The Bertz CT molecular complexity index is 21.6. The van der Waals surface area contributed by atoms with E-state index in [2.05, 4.69) is 5.43 Å². The molecular weight excluding hydrogens is 111 g/mol. The molecule has 0 aliphatic carbocycles. The van der Waals surface area contributed by atoms with Gasteiger partial charge in [-0.05, 0) is 0 Å². The van der Waals surface area contributed by atoms with Gasteiger partial charge >= 0.3 is 0 Å².